The average Bonchev–Trinajstić information content (AvgIpc) is 3.81. The van der Waals surface area contributed by atoms with E-state index < -0.39 is 17.0 Å². The molecule has 1 aromatic rings. The van der Waals surface area contributed by atoms with E-state index in [2.05, 4.69) is 66.8 Å². The topological polar surface area (TPSA) is 26.1 Å². The molecule has 0 spiro atoms. The summed E-state index contributed by atoms with van der Waals surface area (Å²) in [6, 6.07) is 0. The van der Waals surface area contributed by atoms with E-state index >= 15 is 0 Å². The number of halogens is 2. The van der Waals surface area contributed by atoms with Gasteiger partial charge in [0.05, 0.1) is 0 Å². The molecule has 0 bridgehead atoms. The van der Waals surface area contributed by atoms with Gasteiger partial charge in [0.25, 0.3) is 0 Å². The van der Waals surface area contributed by atoms with Gasteiger partial charge in [-0.1, -0.05) is 56.4 Å². The molecule has 1 fully saturated rings. The van der Waals surface area contributed by atoms with Crippen molar-refractivity contribution in [3.8, 4) is 0 Å². The number of nitrogens with zero attached hydrogens (tertiary/aromatic N) is 1. The second-order valence-electron chi connectivity index (χ2n) is 17.8. The van der Waals surface area contributed by atoms with E-state index in [0.717, 1.165) is 36.8 Å². The maximum atomic E-state index is 5.04. The molecule has 7 aliphatic rings. The van der Waals surface area contributed by atoms with Crippen LogP contribution in [-0.4, -0.2) is 24.2 Å². The molecule has 5 atom stereocenters. The Morgan fingerprint density at radius 2 is 1.33 bits per heavy atom. The van der Waals surface area contributed by atoms with Crippen molar-refractivity contribution in [3.05, 3.63) is 74.0 Å². The van der Waals surface area contributed by atoms with Crippen LogP contribution in [0.2, 0.25) is 0 Å². The van der Waals surface area contributed by atoms with Crippen LogP contribution in [-0.2, 0) is 42.7 Å². The summed E-state index contributed by atoms with van der Waals surface area (Å²) in [6.07, 6.45) is 20.4. The first-order chi connectivity index (χ1) is 22.3. The van der Waals surface area contributed by atoms with Crippen LogP contribution in [0.25, 0.3) is 11.4 Å². The Kier molecular flexibility index (Phi) is 12.7. The molecule has 0 amide bonds. The van der Waals surface area contributed by atoms with Crippen molar-refractivity contribution in [3.63, 3.8) is 0 Å². The summed E-state index contributed by atoms with van der Waals surface area (Å²) >= 11 is -0.556. The van der Waals surface area contributed by atoms with Crippen LogP contribution < -0.4 is 5.32 Å². The number of nitrogens with one attached hydrogen (secondary N) is 1. The Balaban J connectivity index is 0.000000171. The van der Waals surface area contributed by atoms with E-state index in [0.29, 0.717) is 5.92 Å². The average molecular weight is 728 g/mol. The van der Waals surface area contributed by atoms with Gasteiger partial charge in [-0.2, -0.15) is 0 Å². The fraction of sp³-hybridized carbons (Fsp3) is 0.698. The summed E-state index contributed by atoms with van der Waals surface area (Å²) < 4.78 is 0. The van der Waals surface area contributed by atoms with E-state index in [4.69, 9.17) is 23.9 Å². The van der Waals surface area contributed by atoms with Crippen molar-refractivity contribution < 1.29 is 17.0 Å². The van der Waals surface area contributed by atoms with Gasteiger partial charge in [0.2, 0.25) is 0 Å². The molecule has 2 nitrogen and oxygen atoms in total. The predicted molar refractivity (Wildman–Crippen MR) is 207 cm³/mol. The van der Waals surface area contributed by atoms with Crippen LogP contribution in [0.15, 0.2) is 27.9 Å². The van der Waals surface area contributed by atoms with Crippen LogP contribution >= 0.6 is 18.6 Å². The zero-order valence-electron chi connectivity index (χ0n) is 31.8. The molecular formula is C43H64Cl2N2Ti-2. The van der Waals surface area contributed by atoms with E-state index in [9.17, 15) is 0 Å². The van der Waals surface area contributed by atoms with Crippen LogP contribution in [0.4, 0.5) is 0 Å². The number of fused-ring (bicyclic) bond motifs is 10. The van der Waals surface area contributed by atoms with Crippen molar-refractivity contribution in [2.75, 3.05) is 13.1 Å². The standard InChI is InChI=1S/C21H32N.C21H29N.CH3.2ClH.Ti/c2*1-13-11-18-16-9-5-7-14(16)15-8-6-10-17(15)20(18)19(13)12-22-21(2,3)4;;;;/h13,18-20H,5-12H2,1-4H3;11,19,22H,5-10,12H2,1-4H3;1H3;2*1H;/q-1;;-1;;;+2/p-2. The SMILES string of the molecule is CC1=Cc2c3c(c4c(c2C1CNC(C)(C)C)CCC4)CCC3.CC1CC2C3=C(CCC3)C3=C(CCC3)C2C1C[N-]C(C)(C)C.[CH3-].[Cl][Ti][Cl]. The molecule has 0 heterocycles. The summed E-state index contributed by atoms with van der Waals surface area (Å²) in [5, 5.41) is 8.79. The Bertz CT molecular complexity index is 1440. The van der Waals surface area contributed by atoms with Gasteiger partial charge in [-0.25, -0.2) is 0 Å². The molecule has 48 heavy (non-hydrogen) atoms. The molecular weight excluding hydrogens is 663 g/mol. The van der Waals surface area contributed by atoms with Crippen molar-refractivity contribution in [1.82, 2.24) is 5.32 Å². The molecule has 0 aromatic heterocycles. The molecule has 7 aliphatic carbocycles. The summed E-state index contributed by atoms with van der Waals surface area (Å²) in [7, 11) is 9.78. The van der Waals surface area contributed by atoms with Crippen LogP contribution in [0, 0.1) is 31.1 Å². The minimum absolute atomic E-state index is 0. The van der Waals surface area contributed by atoms with Gasteiger partial charge in [-0.15, -0.1) is 12.1 Å². The zero-order chi connectivity index (χ0) is 33.7. The summed E-state index contributed by atoms with van der Waals surface area (Å²) in [4.78, 5) is 0. The van der Waals surface area contributed by atoms with Crippen molar-refractivity contribution in [1.29, 1.82) is 0 Å². The van der Waals surface area contributed by atoms with Crippen molar-refractivity contribution in [2.24, 2.45) is 23.7 Å². The van der Waals surface area contributed by atoms with Gasteiger partial charge in [0, 0.05) is 18.0 Å². The first-order valence-corrected chi connectivity index (χ1v) is 23.3. The van der Waals surface area contributed by atoms with E-state index in [-0.39, 0.29) is 18.5 Å². The zero-order valence-corrected chi connectivity index (χ0v) is 34.8. The monoisotopic (exact) mass is 726 g/mol. The molecule has 0 radical (unpaired) electrons. The second-order valence-corrected chi connectivity index (χ2v) is 20.4. The number of rotatable bonds is 4. The Morgan fingerprint density at radius 3 is 1.96 bits per heavy atom. The Labute approximate surface area is 311 Å². The predicted octanol–water partition coefficient (Wildman–Crippen LogP) is 12.4. The van der Waals surface area contributed by atoms with E-state index in [1.165, 1.54) is 83.5 Å². The first-order valence-electron chi connectivity index (χ1n) is 19.0. The summed E-state index contributed by atoms with van der Waals surface area (Å²) in [5.74, 6) is 4.01. The molecule has 1 aromatic carbocycles. The van der Waals surface area contributed by atoms with Crippen molar-refractivity contribution >= 4 is 24.7 Å². The Hall–Kier alpha value is -0.346. The third kappa shape index (κ3) is 7.85. The van der Waals surface area contributed by atoms with E-state index in [1.54, 1.807) is 39.0 Å². The maximum absolute atomic E-state index is 5.04. The van der Waals surface area contributed by atoms with Gasteiger partial charge >= 0.3 is 35.6 Å². The number of benzene rings is 1. The first kappa shape index (κ1) is 38.9. The molecule has 5 unspecified atom stereocenters. The van der Waals surface area contributed by atoms with Gasteiger partial charge in [0.15, 0.2) is 0 Å². The molecule has 1 N–H and O–H groups in total. The summed E-state index contributed by atoms with van der Waals surface area (Å²) in [6.45, 7) is 20.6. The number of hydrogen-bond donors (Lipinski definition) is 1. The van der Waals surface area contributed by atoms with Crippen LogP contribution in [0.5, 0.6) is 0 Å². The normalized spacial score (nSPS) is 27.9. The summed E-state index contributed by atoms with van der Waals surface area (Å²) in [5.41, 5.74) is 19.7. The van der Waals surface area contributed by atoms with Crippen molar-refractivity contribution in [2.45, 2.75) is 156 Å². The number of hydrogen-bond acceptors (Lipinski definition) is 1. The number of allylic oxidation sites excluding steroid dienone is 4. The van der Waals surface area contributed by atoms with Gasteiger partial charge < -0.3 is 18.1 Å². The van der Waals surface area contributed by atoms with Crippen LogP contribution in [0.1, 0.15) is 152 Å². The van der Waals surface area contributed by atoms with Gasteiger partial charge in [-0.05, 0) is 173 Å². The Morgan fingerprint density at radius 1 is 0.792 bits per heavy atom. The fourth-order valence-corrected chi connectivity index (χ4v) is 10.8. The molecule has 1 saturated carbocycles. The quantitative estimate of drug-likeness (QED) is 0.243. The molecule has 8 rings (SSSR count). The third-order valence-electron chi connectivity index (χ3n) is 12.6. The molecule has 0 aliphatic heterocycles. The fourth-order valence-electron chi connectivity index (χ4n) is 10.8. The van der Waals surface area contributed by atoms with E-state index in [1.807, 2.05) is 22.3 Å². The van der Waals surface area contributed by atoms with Crippen LogP contribution in [0.3, 0.4) is 0 Å². The second kappa shape index (κ2) is 15.7. The van der Waals surface area contributed by atoms with Gasteiger partial charge in [0.1, 0.15) is 0 Å². The minimum atomic E-state index is -0.556. The molecule has 5 heteroatoms. The molecule has 266 valence electrons. The van der Waals surface area contributed by atoms with Gasteiger partial charge in [-0.3, -0.25) is 0 Å². The molecule has 0 saturated heterocycles. The third-order valence-corrected chi connectivity index (χ3v) is 12.6.